The van der Waals surface area contributed by atoms with Gasteiger partial charge in [-0.05, 0) is 50.9 Å². The fraction of sp³-hybridized carbons (Fsp3) is 0.500. The van der Waals surface area contributed by atoms with Gasteiger partial charge in [-0.2, -0.15) is 0 Å². The summed E-state index contributed by atoms with van der Waals surface area (Å²) in [5.41, 5.74) is 2.44. The average Bonchev–Trinajstić information content (AvgIpc) is 3.28. The minimum absolute atomic E-state index is 0.124. The maximum absolute atomic E-state index is 13.1. The van der Waals surface area contributed by atoms with E-state index in [2.05, 4.69) is 14.9 Å². The number of carbonyl (C=O) groups excluding carboxylic acids is 1. The molecule has 2 aliphatic rings. The molecule has 0 saturated carbocycles. The predicted octanol–water partition coefficient (Wildman–Crippen LogP) is 2.91. The van der Waals surface area contributed by atoms with E-state index < -0.39 is 0 Å². The number of rotatable bonds is 4. The largest absolute Gasteiger partial charge is 0.361 e. The third-order valence-corrected chi connectivity index (χ3v) is 5.89. The zero-order valence-electron chi connectivity index (χ0n) is 16.8. The number of amides is 1. The van der Waals surface area contributed by atoms with Gasteiger partial charge in [0.25, 0.3) is 5.91 Å². The summed E-state index contributed by atoms with van der Waals surface area (Å²) in [6.45, 7) is 4.15. The van der Waals surface area contributed by atoms with Gasteiger partial charge in [-0.3, -0.25) is 9.78 Å². The van der Waals surface area contributed by atoms with Crippen molar-refractivity contribution in [2.45, 2.75) is 31.7 Å². The van der Waals surface area contributed by atoms with Crippen molar-refractivity contribution in [3.05, 3.63) is 42.2 Å². The lowest BCUT2D eigenvalue weighted by molar-refractivity contribution is 0.0644. The lowest BCUT2D eigenvalue weighted by atomic mass is 10.0. The van der Waals surface area contributed by atoms with E-state index in [0.717, 1.165) is 48.6 Å². The molecule has 0 N–H and O–H groups in total. The number of hydrogen-bond donors (Lipinski definition) is 0. The molecular formula is C22H29N5O. The van der Waals surface area contributed by atoms with Crippen LogP contribution < -0.4 is 4.90 Å². The van der Waals surface area contributed by atoms with E-state index >= 15 is 0 Å². The molecule has 4 rings (SSSR count). The summed E-state index contributed by atoms with van der Waals surface area (Å²) in [6.07, 6.45) is 8.30. The first-order chi connectivity index (χ1) is 13.6. The van der Waals surface area contributed by atoms with Crippen molar-refractivity contribution >= 4 is 11.7 Å². The lowest BCUT2D eigenvalue weighted by Gasteiger charge is -2.36. The van der Waals surface area contributed by atoms with Crippen LogP contribution in [0.25, 0.3) is 11.3 Å². The molecule has 2 aromatic rings. The molecule has 2 aliphatic heterocycles. The second-order valence-corrected chi connectivity index (χ2v) is 8.00. The molecule has 148 valence electrons. The van der Waals surface area contributed by atoms with Gasteiger partial charge in [-0.15, -0.1) is 0 Å². The molecular weight excluding hydrogens is 350 g/mol. The quantitative estimate of drug-likeness (QED) is 0.818. The van der Waals surface area contributed by atoms with Crippen LogP contribution in [-0.2, 0) is 0 Å². The Morgan fingerprint density at radius 3 is 2.54 bits per heavy atom. The third-order valence-electron chi connectivity index (χ3n) is 5.89. The third kappa shape index (κ3) is 4.02. The van der Waals surface area contributed by atoms with Crippen LogP contribution in [0.1, 0.15) is 36.0 Å². The number of carbonyl (C=O) groups is 1. The molecule has 1 aromatic heterocycles. The second-order valence-electron chi connectivity index (χ2n) is 8.00. The maximum atomic E-state index is 13.1. The molecule has 0 aliphatic carbocycles. The second kappa shape index (κ2) is 8.27. The first-order valence-electron chi connectivity index (χ1n) is 10.2. The number of benzene rings is 1. The van der Waals surface area contributed by atoms with Crippen molar-refractivity contribution in [3.63, 3.8) is 0 Å². The summed E-state index contributed by atoms with van der Waals surface area (Å²) < 4.78 is 0. The van der Waals surface area contributed by atoms with Gasteiger partial charge < -0.3 is 14.7 Å². The maximum Gasteiger partial charge on any atom is 0.253 e. The van der Waals surface area contributed by atoms with Crippen LogP contribution in [0.5, 0.6) is 0 Å². The smallest absolute Gasteiger partial charge is 0.253 e. The highest BCUT2D eigenvalue weighted by Crippen LogP contribution is 2.24. The Morgan fingerprint density at radius 1 is 1.07 bits per heavy atom. The first kappa shape index (κ1) is 18.9. The summed E-state index contributed by atoms with van der Waals surface area (Å²) in [4.78, 5) is 28.5. The van der Waals surface area contributed by atoms with Crippen molar-refractivity contribution in [1.29, 1.82) is 0 Å². The highest BCUT2D eigenvalue weighted by atomic mass is 16.2. The van der Waals surface area contributed by atoms with Crippen molar-refractivity contribution in [2.75, 3.05) is 45.2 Å². The van der Waals surface area contributed by atoms with Crippen molar-refractivity contribution in [1.82, 2.24) is 19.8 Å². The fourth-order valence-corrected chi connectivity index (χ4v) is 4.25. The zero-order valence-corrected chi connectivity index (χ0v) is 16.8. The molecule has 28 heavy (non-hydrogen) atoms. The fourth-order valence-electron chi connectivity index (χ4n) is 4.25. The molecule has 0 bridgehead atoms. The van der Waals surface area contributed by atoms with E-state index in [-0.39, 0.29) is 5.91 Å². The topological polar surface area (TPSA) is 52.6 Å². The van der Waals surface area contributed by atoms with Crippen molar-refractivity contribution in [3.8, 4) is 11.3 Å². The highest BCUT2D eigenvalue weighted by molar-refractivity contribution is 5.95. The lowest BCUT2D eigenvalue weighted by Crippen LogP contribution is -2.45. The van der Waals surface area contributed by atoms with Gasteiger partial charge in [0.15, 0.2) is 0 Å². The van der Waals surface area contributed by atoms with E-state index in [1.165, 1.54) is 25.9 Å². The Balaban J connectivity index is 1.45. The van der Waals surface area contributed by atoms with Crippen LogP contribution in [0.15, 0.2) is 36.7 Å². The Kier molecular flexibility index (Phi) is 5.57. The van der Waals surface area contributed by atoms with Crippen LogP contribution in [0.3, 0.4) is 0 Å². The number of likely N-dealkylation sites (tertiary alicyclic amines) is 2. The number of nitrogens with zero attached hydrogens (tertiary/aromatic N) is 5. The SMILES string of the molecule is CN(C)c1cncc(-c2cccc(C(=O)N3CCC(N4CCCC4)CC3)c2)n1. The van der Waals surface area contributed by atoms with E-state index in [4.69, 9.17) is 0 Å². The van der Waals surface area contributed by atoms with Crippen molar-refractivity contribution in [2.24, 2.45) is 0 Å². The zero-order chi connectivity index (χ0) is 19.5. The van der Waals surface area contributed by atoms with Crippen LogP contribution in [0.2, 0.25) is 0 Å². The van der Waals surface area contributed by atoms with Gasteiger partial charge >= 0.3 is 0 Å². The predicted molar refractivity (Wildman–Crippen MR) is 112 cm³/mol. The molecule has 6 heteroatoms. The van der Waals surface area contributed by atoms with Crippen LogP contribution in [-0.4, -0.2) is 72.0 Å². The molecule has 6 nitrogen and oxygen atoms in total. The van der Waals surface area contributed by atoms with Gasteiger partial charge in [-0.25, -0.2) is 4.98 Å². The highest BCUT2D eigenvalue weighted by Gasteiger charge is 2.28. The molecule has 0 unspecified atom stereocenters. The van der Waals surface area contributed by atoms with E-state index in [9.17, 15) is 4.79 Å². The van der Waals surface area contributed by atoms with Crippen LogP contribution in [0, 0.1) is 0 Å². The number of aromatic nitrogens is 2. The van der Waals surface area contributed by atoms with Gasteiger partial charge in [0.1, 0.15) is 5.82 Å². The minimum atomic E-state index is 0.124. The molecule has 2 fully saturated rings. The number of piperidine rings is 1. The van der Waals surface area contributed by atoms with Gasteiger partial charge in [0.05, 0.1) is 18.1 Å². The van der Waals surface area contributed by atoms with Gasteiger partial charge in [-0.1, -0.05) is 12.1 Å². The van der Waals surface area contributed by atoms with Gasteiger partial charge in [0, 0.05) is 44.4 Å². The molecule has 1 amide bonds. The van der Waals surface area contributed by atoms with E-state index in [0.29, 0.717) is 6.04 Å². The summed E-state index contributed by atoms with van der Waals surface area (Å²) in [6, 6.07) is 8.42. The Morgan fingerprint density at radius 2 is 1.82 bits per heavy atom. The summed E-state index contributed by atoms with van der Waals surface area (Å²) in [5, 5.41) is 0. The number of hydrogen-bond acceptors (Lipinski definition) is 5. The van der Waals surface area contributed by atoms with E-state index in [1.54, 1.807) is 12.4 Å². The Labute approximate surface area is 167 Å². The summed E-state index contributed by atoms with van der Waals surface area (Å²) >= 11 is 0. The number of anilines is 1. The molecule has 2 saturated heterocycles. The molecule has 0 atom stereocenters. The molecule has 0 radical (unpaired) electrons. The first-order valence-corrected chi connectivity index (χ1v) is 10.2. The normalized spacial score (nSPS) is 18.4. The van der Waals surface area contributed by atoms with E-state index in [1.807, 2.05) is 48.2 Å². The molecule has 1 aromatic carbocycles. The molecule has 0 spiro atoms. The monoisotopic (exact) mass is 379 g/mol. The average molecular weight is 380 g/mol. The van der Waals surface area contributed by atoms with Gasteiger partial charge in [0.2, 0.25) is 0 Å². The van der Waals surface area contributed by atoms with Crippen LogP contribution in [0.4, 0.5) is 5.82 Å². The van der Waals surface area contributed by atoms with Crippen LogP contribution >= 0.6 is 0 Å². The molecule has 3 heterocycles. The minimum Gasteiger partial charge on any atom is -0.361 e. The Bertz CT molecular complexity index is 823. The standard InChI is InChI=1S/C22H29N5O/c1-25(2)21-16-23-15-20(24-21)17-6-5-7-18(14-17)22(28)27-12-8-19(9-13-27)26-10-3-4-11-26/h5-7,14-16,19H,3-4,8-13H2,1-2H3. The summed E-state index contributed by atoms with van der Waals surface area (Å²) in [5.74, 6) is 0.927. The Hall–Kier alpha value is -2.47. The van der Waals surface area contributed by atoms with Crippen molar-refractivity contribution < 1.29 is 4.79 Å². The summed E-state index contributed by atoms with van der Waals surface area (Å²) in [7, 11) is 3.89.